The van der Waals surface area contributed by atoms with Crippen molar-refractivity contribution in [1.29, 1.82) is 0 Å². The summed E-state index contributed by atoms with van der Waals surface area (Å²) in [5.41, 5.74) is 1.07. The van der Waals surface area contributed by atoms with Crippen molar-refractivity contribution < 1.29 is 9.53 Å². The number of benzene rings is 1. The lowest BCUT2D eigenvalue weighted by atomic mass is 9.80. The molecule has 0 aromatic heterocycles. The van der Waals surface area contributed by atoms with Crippen LogP contribution in [-0.4, -0.2) is 38.0 Å². The Hall–Kier alpha value is -1.19. The van der Waals surface area contributed by atoms with Gasteiger partial charge >= 0.3 is 0 Å². The van der Waals surface area contributed by atoms with E-state index in [-0.39, 0.29) is 5.41 Å². The SMILES string of the molecule is COCC1(C=O)CCN([CH]Cc2ccccc2)CC1. The summed E-state index contributed by atoms with van der Waals surface area (Å²) in [4.78, 5) is 13.6. The van der Waals surface area contributed by atoms with Gasteiger partial charge in [-0.1, -0.05) is 30.3 Å². The van der Waals surface area contributed by atoms with E-state index in [0.29, 0.717) is 6.61 Å². The highest BCUT2D eigenvalue weighted by Gasteiger charge is 2.34. The van der Waals surface area contributed by atoms with Crippen LogP contribution >= 0.6 is 0 Å². The number of likely N-dealkylation sites (tertiary alicyclic amines) is 1. The number of hydrogen-bond acceptors (Lipinski definition) is 3. The summed E-state index contributed by atoms with van der Waals surface area (Å²) in [6.45, 7) is 4.67. The molecule has 3 heteroatoms. The Labute approximate surface area is 115 Å². The van der Waals surface area contributed by atoms with E-state index in [2.05, 4.69) is 35.7 Å². The lowest BCUT2D eigenvalue weighted by Gasteiger charge is -2.37. The van der Waals surface area contributed by atoms with Gasteiger partial charge in [0.15, 0.2) is 0 Å². The molecule has 2 rings (SSSR count). The molecule has 1 aliphatic heterocycles. The highest BCUT2D eigenvalue weighted by molar-refractivity contribution is 5.59. The van der Waals surface area contributed by atoms with E-state index < -0.39 is 0 Å². The maximum absolute atomic E-state index is 11.2. The van der Waals surface area contributed by atoms with Crippen LogP contribution in [0.5, 0.6) is 0 Å². The summed E-state index contributed by atoms with van der Waals surface area (Å²) in [6, 6.07) is 10.4. The molecule has 3 nitrogen and oxygen atoms in total. The molecule has 1 radical (unpaired) electrons. The number of carbonyl (C=O) groups excluding carboxylic acids is 1. The third-order valence-electron chi connectivity index (χ3n) is 3.90. The van der Waals surface area contributed by atoms with Crippen molar-refractivity contribution >= 4 is 6.29 Å². The molecule has 1 saturated heterocycles. The van der Waals surface area contributed by atoms with Gasteiger partial charge in [-0.2, -0.15) is 0 Å². The second-order valence-corrected chi connectivity index (χ2v) is 5.32. The summed E-state index contributed by atoms with van der Waals surface area (Å²) in [7, 11) is 1.67. The monoisotopic (exact) mass is 260 g/mol. The molecule has 1 heterocycles. The Morgan fingerprint density at radius 2 is 1.95 bits per heavy atom. The highest BCUT2D eigenvalue weighted by atomic mass is 16.5. The number of piperidine rings is 1. The zero-order chi connectivity index (χ0) is 13.6. The first-order valence-electron chi connectivity index (χ1n) is 6.85. The molecule has 0 bridgehead atoms. The van der Waals surface area contributed by atoms with Crippen LogP contribution in [0.2, 0.25) is 0 Å². The third kappa shape index (κ3) is 3.88. The Morgan fingerprint density at radius 3 is 2.53 bits per heavy atom. The number of nitrogens with zero attached hydrogens (tertiary/aromatic N) is 1. The first kappa shape index (κ1) is 14.2. The minimum atomic E-state index is -0.258. The number of carbonyl (C=O) groups is 1. The average molecular weight is 260 g/mol. The fraction of sp³-hybridized carbons (Fsp3) is 0.500. The van der Waals surface area contributed by atoms with Gasteiger partial charge in [-0.15, -0.1) is 0 Å². The molecule has 0 N–H and O–H groups in total. The van der Waals surface area contributed by atoms with Crippen molar-refractivity contribution in [2.75, 3.05) is 26.8 Å². The van der Waals surface area contributed by atoms with E-state index in [4.69, 9.17) is 4.74 Å². The van der Waals surface area contributed by atoms with Gasteiger partial charge in [0, 0.05) is 13.7 Å². The third-order valence-corrected chi connectivity index (χ3v) is 3.90. The van der Waals surface area contributed by atoms with Crippen molar-refractivity contribution in [3.63, 3.8) is 0 Å². The maximum Gasteiger partial charge on any atom is 0.128 e. The number of ether oxygens (including phenoxy) is 1. The summed E-state index contributed by atoms with van der Waals surface area (Å²) in [6.07, 6.45) is 3.81. The quantitative estimate of drug-likeness (QED) is 0.735. The second-order valence-electron chi connectivity index (χ2n) is 5.32. The smallest absolute Gasteiger partial charge is 0.128 e. The van der Waals surface area contributed by atoms with Crippen molar-refractivity contribution in [2.24, 2.45) is 5.41 Å². The Bertz CT molecular complexity index is 383. The van der Waals surface area contributed by atoms with Crippen molar-refractivity contribution in [3.8, 4) is 0 Å². The van der Waals surface area contributed by atoms with Crippen LogP contribution < -0.4 is 0 Å². The van der Waals surface area contributed by atoms with Crippen molar-refractivity contribution in [2.45, 2.75) is 19.3 Å². The Kier molecular flexibility index (Phi) is 5.11. The van der Waals surface area contributed by atoms with Crippen LogP contribution in [0.25, 0.3) is 0 Å². The molecule has 0 atom stereocenters. The first-order chi connectivity index (χ1) is 9.28. The van der Waals surface area contributed by atoms with Gasteiger partial charge in [-0.25, -0.2) is 0 Å². The Morgan fingerprint density at radius 1 is 1.26 bits per heavy atom. The number of aldehydes is 1. The van der Waals surface area contributed by atoms with E-state index in [0.717, 1.165) is 38.6 Å². The van der Waals surface area contributed by atoms with E-state index in [9.17, 15) is 4.79 Å². The van der Waals surface area contributed by atoms with Gasteiger partial charge in [0.2, 0.25) is 0 Å². The van der Waals surface area contributed by atoms with Gasteiger partial charge < -0.3 is 9.53 Å². The van der Waals surface area contributed by atoms with Crippen LogP contribution in [-0.2, 0) is 16.0 Å². The van der Waals surface area contributed by atoms with Crippen molar-refractivity contribution in [3.05, 3.63) is 42.4 Å². The number of hydrogen-bond donors (Lipinski definition) is 0. The van der Waals surface area contributed by atoms with Crippen LogP contribution in [0, 0.1) is 12.0 Å². The van der Waals surface area contributed by atoms with E-state index in [1.54, 1.807) is 7.11 Å². The summed E-state index contributed by atoms with van der Waals surface area (Å²) < 4.78 is 5.18. The number of rotatable bonds is 6. The molecular weight excluding hydrogens is 238 g/mol. The van der Waals surface area contributed by atoms with Gasteiger partial charge in [-0.05, 0) is 37.9 Å². The van der Waals surface area contributed by atoms with Gasteiger partial charge in [-0.3, -0.25) is 4.90 Å². The second kappa shape index (κ2) is 6.83. The van der Waals surface area contributed by atoms with E-state index >= 15 is 0 Å². The molecule has 0 unspecified atom stereocenters. The standard InChI is InChI=1S/C16H22NO2/c1-19-14-16(13-18)8-11-17(12-9-16)10-7-15-5-3-2-4-6-15/h2-6,10,13H,7-9,11-12,14H2,1H3. The fourth-order valence-electron chi connectivity index (χ4n) is 2.58. The lowest BCUT2D eigenvalue weighted by molar-refractivity contribution is -0.122. The molecule has 103 valence electrons. The molecule has 0 saturated carbocycles. The number of methoxy groups -OCH3 is 1. The lowest BCUT2D eigenvalue weighted by Crippen LogP contribution is -2.42. The molecule has 1 aromatic rings. The largest absolute Gasteiger partial charge is 0.384 e. The molecule has 1 fully saturated rings. The van der Waals surface area contributed by atoms with E-state index in [1.165, 1.54) is 5.56 Å². The highest BCUT2D eigenvalue weighted by Crippen LogP contribution is 2.30. The van der Waals surface area contributed by atoms with Gasteiger partial charge in [0.1, 0.15) is 6.29 Å². The van der Waals surface area contributed by atoms with E-state index in [1.807, 2.05) is 6.07 Å². The first-order valence-corrected chi connectivity index (χ1v) is 6.85. The molecule has 1 aliphatic rings. The minimum Gasteiger partial charge on any atom is -0.384 e. The Balaban J connectivity index is 1.79. The maximum atomic E-state index is 11.2. The van der Waals surface area contributed by atoms with Crippen LogP contribution in [0.3, 0.4) is 0 Å². The van der Waals surface area contributed by atoms with Crippen LogP contribution in [0.1, 0.15) is 18.4 Å². The molecule has 0 aliphatic carbocycles. The predicted molar refractivity (Wildman–Crippen MR) is 75.6 cm³/mol. The molecule has 1 aromatic carbocycles. The molecular formula is C16H22NO2. The zero-order valence-electron chi connectivity index (χ0n) is 11.5. The summed E-state index contributed by atoms with van der Waals surface area (Å²) in [5, 5.41) is 0. The van der Waals surface area contributed by atoms with Crippen LogP contribution in [0.15, 0.2) is 30.3 Å². The van der Waals surface area contributed by atoms with Crippen molar-refractivity contribution in [1.82, 2.24) is 4.90 Å². The zero-order valence-corrected chi connectivity index (χ0v) is 11.5. The molecule has 0 amide bonds. The molecule has 19 heavy (non-hydrogen) atoms. The minimum absolute atomic E-state index is 0.258. The normalized spacial score (nSPS) is 19.2. The molecule has 0 spiro atoms. The topological polar surface area (TPSA) is 29.5 Å². The average Bonchev–Trinajstić information content (AvgIpc) is 2.48. The van der Waals surface area contributed by atoms with Gasteiger partial charge in [0.05, 0.1) is 12.0 Å². The summed E-state index contributed by atoms with van der Waals surface area (Å²) in [5.74, 6) is 0. The van der Waals surface area contributed by atoms with Crippen LogP contribution in [0.4, 0.5) is 0 Å². The summed E-state index contributed by atoms with van der Waals surface area (Å²) >= 11 is 0. The van der Waals surface area contributed by atoms with Gasteiger partial charge in [0.25, 0.3) is 0 Å². The fourth-order valence-corrected chi connectivity index (χ4v) is 2.58. The predicted octanol–water partition coefficient (Wildman–Crippen LogP) is 2.32.